The van der Waals surface area contributed by atoms with E-state index in [4.69, 9.17) is 5.11 Å². The van der Waals surface area contributed by atoms with Crippen molar-refractivity contribution >= 4 is 5.91 Å². The molecule has 0 unspecified atom stereocenters. The van der Waals surface area contributed by atoms with Crippen LogP contribution in [0.1, 0.15) is 13.3 Å². The highest BCUT2D eigenvalue weighted by molar-refractivity contribution is 5.76. The average Bonchev–Trinajstić information content (AvgIpc) is 2.75. The molecule has 0 atom stereocenters. The van der Waals surface area contributed by atoms with Crippen LogP contribution in [-0.4, -0.2) is 45.2 Å². The van der Waals surface area contributed by atoms with Gasteiger partial charge in [-0.1, -0.05) is 0 Å². The van der Waals surface area contributed by atoms with Crippen LogP contribution in [0.4, 0.5) is 0 Å². The predicted octanol–water partition coefficient (Wildman–Crippen LogP) is 0.114. The summed E-state index contributed by atoms with van der Waals surface area (Å²) in [5, 5.41) is 8.76. The van der Waals surface area contributed by atoms with Crippen LogP contribution in [0.5, 0.6) is 0 Å². The molecule has 0 aliphatic rings. The van der Waals surface area contributed by atoms with Crippen molar-refractivity contribution in [2.45, 2.75) is 19.9 Å². The molecule has 84 valence electrons. The molecule has 5 nitrogen and oxygen atoms in total. The van der Waals surface area contributed by atoms with Crippen molar-refractivity contribution in [1.29, 1.82) is 0 Å². The maximum Gasteiger partial charge on any atom is 0.224 e. The molecule has 0 saturated heterocycles. The zero-order valence-corrected chi connectivity index (χ0v) is 8.96. The smallest absolute Gasteiger partial charge is 0.224 e. The number of aliphatic hydroxyl groups excluding tert-OH is 1. The van der Waals surface area contributed by atoms with Crippen molar-refractivity contribution in [2.75, 3.05) is 19.7 Å². The molecule has 1 N–H and O–H groups in total. The Morgan fingerprint density at radius 3 is 2.93 bits per heavy atom. The van der Waals surface area contributed by atoms with Gasteiger partial charge >= 0.3 is 0 Å². The molecule has 0 aliphatic carbocycles. The van der Waals surface area contributed by atoms with Crippen molar-refractivity contribution in [3.8, 4) is 0 Å². The number of nitrogens with zero attached hydrogens (tertiary/aromatic N) is 3. The Kier molecular flexibility index (Phi) is 4.83. The molecule has 1 aromatic rings. The van der Waals surface area contributed by atoms with Gasteiger partial charge in [0, 0.05) is 38.4 Å². The molecule has 0 saturated carbocycles. The van der Waals surface area contributed by atoms with Crippen LogP contribution in [0, 0.1) is 0 Å². The van der Waals surface area contributed by atoms with Crippen LogP contribution < -0.4 is 0 Å². The minimum absolute atomic E-state index is 0.0185. The first-order valence-corrected chi connectivity index (χ1v) is 5.12. The van der Waals surface area contributed by atoms with Gasteiger partial charge in [0.25, 0.3) is 0 Å². The van der Waals surface area contributed by atoms with Crippen LogP contribution in [0.2, 0.25) is 0 Å². The van der Waals surface area contributed by atoms with Gasteiger partial charge in [-0.05, 0) is 6.92 Å². The zero-order chi connectivity index (χ0) is 11.1. The van der Waals surface area contributed by atoms with Gasteiger partial charge in [-0.2, -0.15) is 0 Å². The lowest BCUT2D eigenvalue weighted by Gasteiger charge is -2.19. The second kappa shape index (κ2) is 6.19. The minimum atomic E-state index is 0.0185. The van der Waals surface area contributed by atoms with E-state index in [0.717, 1.165) is 0 Å². The molecule has 1 aromatic heterocycles. The Morgan fingerprint density at radius 1 is 1.60 bits per heavy atom. The van der Waals surface area contributed by atoms with Crippen molar-refractivity contribution in [1.82, 2.24) is 14.5 Å². The van der Waals surface area contributed by atoms with Gasteiger partial charge in [-0.3, -0.25) is 4.79 Å². The largest absolute Gasteiger partial charge is 0.395 e. The Bertz CT molecular complexity index is 285. The fourth-order valence-corrected chi connectivity index (χ4v) is 1.38. The third kappa shape index (κ3) is 3.71. The summed E-state index contributed by atoms with van der Waals surface area (Å²) in [6.07, 6.45) is 5.66. The lowest BCUT2D eigenvalue weighted by molar-refractivity contribution is -0.131. The van der Waals surface area contributed by atoms with E-state index in [1.54, 1.807) is 17.4 Å². The lowest BCUT2D eigenvalue weighted by Crippen LogP contribution is -2.33. The van der Waals surface area contributed by atoms with Gasteiger partial charge in [0.05, 0.1) is 12.9 Å². The normalized spacial score (nSPS) is 10.3. The number of imidazole rings is 1. The van der Waals surface area contributed by atoms with Crippen LogP contribution in [0.25, 0.3) is 0 Å². The Morgan fingerprint density at radius 2 is 2.40 bits per heavy atom. The molecule has 0 aliphatic heterocycles. The molecule has 0 fully saturated rings. The Labute approximate surface area is 89.3 Å². The molecule has 0 spiro atoms. The summed E-state index contributed by atoms with van der Waals surface area (Å²) >= 11 is 0. The summed E-state index contributed by atoms with van der Waals surface area (Å²) in [5.41, 5.74) is 0. The first-order valence-electron chi connectivity index (χ1n) is 5.12. The molecule has 0 bridgehead atoms. The summed E-state index contributed by atoms with van der Waals surface area (Å²) in [7, 11) is 0. The van der Waals surface area contributed by atoms with Crippen LogP contribution in [0.15, 0.2) is 18.7 Å². The highest BCUT2D eigenvalue weighted by Gasteiger charge is 2.10. The van der Waals surface area contributed by atoms with E-state index < -0.39 is 0 Å². The highest BCUT2D eigenvalue weighted by Crippen LogP contribution is 1.97. The number of rotatable bonds is 6. The third-order valence-corrected chi connectivity index (χ3v) is 2.25. The van der Waals surface area contributed by atoms with Crippen molar-refractivity contribution in [3.63, 3.8) is 0 Å². The van der Waals surface area contributed by atoms with Crippen LogP contribution in [0.3, 0.4) is 0 Å². The van der Waals surface area contributed by atoms with Crippen molar-refractivity contribution < 1.29 is 9.90 Å². The summed E-state index contributed by atoms with van der Waals surface area (Å²) in [5.74, 6) is 0.0697. The lowest BCUT2D eigenvalue weighted by atomic mass is 10.3. The van der Waals surface area contributed by atoms with E-state index in [1.807, 2.05) is 17.7 Å². The minimum Gasteiger partial charge on any atom is -0.395 e. The Hall–Kier alpha value is -1.36. The number of carbonyl (C=O) groups is 1. The monoisotopic (exact) mass is 211 g/mol. The van der Waals surface area contributed by atoms with Gasteiger partial charge in [0.15, 0.2) is 0 Å². The summed E-state index contributed by atoms with van der Waals surface area (Å²) in [6, 6.07) is 0. The number of carbonyl (C=O) groups excluding carboxylic acids is 1. The number of aliphatic hydroxyl groups is 1. The highest BCUT2D eigenvalue weighted by atomic mass is 16.3. The van der Waals surface area contributed by atoms with E-state index >= 15 is 0 Å². The predicted molar refractivity (Wildman–Crippen MR) is 56.2 cm³/mol. The molecule has 1 rings (SSSR count). The molecular weight excluding hydrogens is 194 g/mol. The molecule has 15 heavy (non-hydrogen) atoms. The summed E-state index contributed by atoms with van der Waals surface area (Å²) < 4.78 is 1.87. The maximum atomic E-state index is 11.6. The topological polar surface area (TPSA) is 58.4 Å². The van der Waals surface area contributed by atoms with Crippen molar-refractivity contribution in [3.05, 3.63) is 18.7 Å². The average molecular weight is 211 g/mol. The van der Waals surface area contributed by atoms with Gasteiger partial charge in [0.2, 0.25) is 5.91 Å². The van der Waals surface area contributed by atoms with E-state index in [1.165, 1.54) is 0 Å². The van der Waals surface area contributed by atoms with E-state index in [2.05, 4.69) is 4.98 Å². The maximum absolute atomic E-state index is 11.6. The quantitative estimate of drug-likeness (QED) is 0.726. The molecular formula is C10H17N3O2. The van der Waals surface area contributed by atoms with E-state index in [9.17, 15) is 4.79 Å². The van der Waals surface area contributed by atoms with Gasteiger partial charge in [-0.25, -0.2) is 4.98 Å². The second-order valence-electron chi connectivity index (χ2n) is 3.25. The fourth-order valence-electron chi connectivity index (χ4n) is 1.38. The number of aromatic nitrogens is 2. The summed E-state index contributed by atoms with van der Waals surface area (Å²) in [4.78, 5) is 17.2. The van der Waals surface area contributed by atoms with E-state index in [0.29, 0.717) is 26.1 Å². The van der Waals surface area contributed by atoms with Gasteiger partial charge < -0.3 is 14.6 Å². The molecule has 5 heteroatoms. The molecule has 1 heterocycles. The van der Waals surface area contributed by atoms with E-state index in [-0.39, 0.29) is 12.5 Å². The summed E-state index contributed by atoms with van der Waals surface area (Å²) in [6.45, 7) is 3.62. The second-order valence-corrected chi connectivity index (χ2v) is 3.25. The van der Waals surface area contributed by atoms with Crippen LogP contribution in [-0.2, 0) is 11.3 Å². The number of amides is 1. The fraction of sp³-hybridized carbons (Fsp3) is 0.600. The number of hydrogen-bond donors (Lipinski definition) is 1. The first kappa shape index (κ1) is 11.7. The number of hydrogen-bond acceptors (Lipinski definition) is 3. The standard InChI is InChI=1S/C10H17N3O2/c1-2-13(7-8-14)10(15)3-5-12-6-4-11-9-12/h4,6,9,14H,2-3,5,7-8H2,1H3. The number of aryl methyl sites for hydroxylation is 1. The first-order chi connectivity index (χ1) is 7.27. The SMILES string of the molecule is CCN(CCO)C(=O)CCn1ccnc1. The van der Waals surface area contributed by atoms with Gasteiger partial charge in [0.1, 0.15) is 0 Å². The van der Waals surface area contributed by atoms with Gasteiger partial charge in [-0.15, -0.1) is 0 Å². The third-order valence-electron chi connectivity index (χ3n) is 2.25. The Balaban J connectivity index is 2.34. The molecule has 0 radical (unpaired) electrons. The molecule has 0 aromatic carbocycles. The van der Waals surface area contributed by atoms with Crippen molar-refractivity contribution in [2.24, 2.45) is 0 Å². The van der Waals surface area contributed by atoms with Crippen LogP contribution >= 0.6 is 0 Å². The number of likely N-dealkylation sites (N-methyl/N-ethyl adjacent to an activating group) is 1. The molecule has 1 amide bonds. The zero-order valence-electron chi connectivity index (χ0n) is 8.96.